The van der Waals surface area contributed by atoms with Crippen LogP contribution in [0.3, 0.4) is 0 Å². The highest BCUT2D eigenvalue weighted by Gasteiger charge is 2.34. The van der Waals surface area contributed by atoms with Crippen LogP contribution >= 0.6 is 34.3 Å². The molecule has 1 aliphatic carbocycles. The van der Waals surface area contributed by atoms with E-state index in [2.05, 4.69) is 18.8 Å². The molecule has 0 radical (unpaired) electrons. The number of halogens is 1. The molecule has 0 N–H and O–H groups in total. The highest BCUT2D eigenvalue weighted by molar-refractivity contribution is 7.22. The van der Waals surface area contributed by atoms with Gasteiger partial charge in [-0.15, -0.1) is 22.7 Å². The maximum Gasteiger partial charge on any atom is 0.175 e. The number of carbonyl (C=O) groups is 1. The average molecular weight is 298 g/mol. The summed E-state index contributed by atoms with van der Waals surface area (Å²) in [5, 5.41) is 3.54. The summed E-state index contributed by atoms with van der Waals surface area (Å²) in [7, 11) is 0. The molecule has 0 bridgehead atoms. The summed E-state index contributed by atoms with van der Waals surface area (Å²) >= 11 is 9.00. The molecule has 1 aliphatic rings. The summed E-state index contributed by atoms with van der Waals surface area (Å²) in [6.07, 6.45) is 1.50. The molecule has 2 heterocycles. The van der Waals surface area contributed by atoms with E-state index >= 15 is 0 Å². The van der Waals surface area contributed by atoms with Crippen LogP contribution < -0.4 is 0 Å². The van der Waals surface area contributed by atoms with E-state index in [1.54, 1.807) is 11.3 Å². The lowest BCUT2D eigenvalue weighted by atomic mass is 9.78. The van der Waals surface area contributed by atoms with Crippen molar-refractivity contribution in [2.75, 3.05) is 0 Å². The molecule has 0 saturated heterocycles. The van der Waals surface area contributed by atoms with Gasteiger partial charge in [-0.05, 0) is 17.9 Å². The van der Waals surface area contributed by atoms with Crippen molar-refractivity contribution in [3.05, 3.63) is 27.0 Å². The molecule has 2 nitrogen and oxygen atoms in total. The smallest absolute Gasteiger partial charge is 0.175 e. The monoisotopic (exact) mass is 297 g/mol. The van der Waals surface area contributed by atoms with Crippen LogP contribution in [0.15, 0.2) is 11.4 Å². The summed E-state index contributed by atoms with van der Waals surface area (Å²) in [6.45, 7) is 4.24. The minimum Gasteiger partial charge on any atom is -0.293 e. The first-order valence-electron chi connectivity index (χ1n) is 5.72. The fourth-order valence-corrected chi connectivity index (χ4v) is 4.41. The summed E-state index contributed by atoms with van der Waals surface area (Å²) in [5.74, 6) is 0.229. The van der Waals surface area contributed by atoms with Crippen LogP contribution in [0.5, 0.6) is 0 Å². The molecule has 0 saturated carbocycles. The molecule has 18 heavy (non-hydrogen) atoms. The van der Waals surface area contributed by atoms with E-state index < -0.39 is 0 Å². The Bertz CT molecular complexity index is 627. The Hall–Kier alpha value is -0.710. The zero-order chi connectivity index (χ0) is 12.9. The Morgan fingerprint density at radius 2 is 2.17 bits per heavy atom. The molecular weight excluding hydrogens is 286 g/mol. The predicted octanol–water partition coefficient (Wildman–Crippen LogP) is 4.68. The number of rotatable bonds is 1. The van der Waals surface area contributed by atoms with Crippen LogP contribution in [-0.4, -0.2) is 10.8 Å². The van der Waals surface area contributed by atoms with Crippen molar-refractivity contribution in [2.45, 2.75) is 26.7 Å². The first-order valence-corrected chi connectivity index (χ1v) is 7.79. The van der Waals surface area contributed by atoms with Gasteiger partial charge in [0.05, 0.1) is 20.5 Å². The van der Waals surface area contributed by atoms with Gasteiger partial charge < -0.3 is 0 Å². The molecule has 0 amide bonds. The molecule has 0 atom stereocenters. The number of carbonyl (C=O) groups excluding carboxylic acids is 1. The van der Waals surface area contributed by atoms with Crippen LogP contribution in [0.1, 0.15) is 35.6 Å². The number of nitrogens with zero attached hydrogens (tertiary/aromatic N) is 1. The van der Waals surface area contributed by atoms with Crippen LogP contribution in [0.2, 0.25) is 5.02 Å². The second-order valence-electron chi connectivity index (χ2n) is 5.36. The molecule has 0 spiro atoms. The average Bonchev–Trinajstić information content (AvgIpc) is 2.82. The van der Waals surface area contributed by atoms with Crippen molar-refractivity contribution in [1.82, 2.24) is 4.98 Å². The van der Waals surface area contributed by atoms with Crippen molar-refractivity contribution in [1.29, 1.82) is 0 Å². The summed E-state index contributed by atoms with van der Waals surface area (Å²) in [5.41, 5.74) is 0.989. The number of hydrogen-bond donors (Lipinski definition) is 0. The van der Waals surface area contributed by atoms with E-state index in [1.165, 1.54) is 11.3 Å². The minimum atomic E-state index is 0.0303. The van der Waals surface area contributed by atoms with Gasteiger partial charge in [0.25, 0.3) is 0 Å². The van der Waals surface area contributed by atoms with E-state index in [9.17, 15) is 4.79 Å². The number of hydrogen-bond acceptors (Lipinski definition) is 4. The molecule has 0 aliphatic heterocycles. The SMILES string of the molecule is CC1(C)CC(=O)c2sc(-c3cc(Cl)cs3)nc2C1. The van der Waals surface area contributed by atoms with Crippen LogP contribution in [-0.2, 0) is 6.42 Å². The third-order valence-corrected chi connectivity index (χ3v) is 5.60. The molecule has 2 aromatic rings. The van der Waals surface area contributed by atoms with Gasteiger partial charge in [-0.1, -0.05) is 25.4 Å². The van der Waals surface area contributed by atoms with E-state index in [0.717, 1.165) is 31.9 Å². The Labute approximate surface area is 119 Å². The van der Waals surface area contributed by atoms with Gasteiger partial charge in [0, 0.05) is 11.8 Å². The molecule has 3 rings (SSSR count). The fourth-order valence-electron chi connectivity index (χ4n) is 2.25. The molecule has 94 valence electrons. The Kier molecular flexibility index (Phi) is 2.84. The fraction of sp³-hybridized carbons (Fsp3) is 0.385. The van der Waals surface area contributed by atoms with Crippen LogP contribution in [0.4, 0.5) is 0 Å². The summed E-state index contributed by atoms with van der Waals surface area (Å²) in [4.78, 5) is 18.6. The topological polar surface area (TPSA) is 30.0 Å². The Morgan fingerprint density at radius 1 is 1.39 bits per heavy atom. The second kappa shape index (κ2) is 4.15. The highest BCUT2D eigenvalue weighted by atomic mass is 35.5. The van der Waals surface area contributed by atoms with Gasteiger partial charge in [-0.2, -0.15) is 0 Å². The minimum absolute atomic E-state index is 0.0303. The first-order chi connectivity index (χ1) is 8.44. The quantitative estimate of drug-likeness (QED) is 0.765. The van der Waals surface area contributed by atoms with Gasteiger partial charge >= 0.3 is 0 Å². The van der Waals surface area contributed by atoms with Crippen LogP contribution in [0, 0.1) is 5.41 Å². The molecule has 5 heteroatoms. The first kappa shape index (κ1) is 12.3. The van der Waals surface area contributed by atoms with Crippen molar-refractivity contribution in [2.24, 2.45) is 5.41 Å². The van der Waals surface area contributed by atoms with E-state index in [1.807, 2.05) is 11.4 Å². The van der Waals surface area contributed by atoms with Crippen molar-refractivity contribution >= 4 is 40.1 Å². The van der Waals surface area contributed by atoms with Crippen molar-refractivity contribution in [3.8, 4) is 9.88 Å². The zero-order valence-corrected chi connectivity index (χ0v) is 12.5. The lowest BCUT2D eigenvalue weighted by Crippen LogP contribution is -2.25. The molecular formula is C13H12ClNOS2. The molecule has 0 unspecified atom stereocenters. The van der Waals surface area contributed by atoms with Gasteiger partial charge in [0.1, 0.15) is 5.01 Å². The lowest BCUT2D eigenvalue weighted by molar-refractivity contribution is 0.0916. The highest BCUT2D eigenvalue weighted by Crippen LogP contribution is 2.41. The number of Topliss-reactive ketones (excluding diaryl/α,β-unsaturated/α-hetero) is 1. The third kappa shape index (κ3) is 2.13. The number of fused-ring (bicyclic) bond motifs is 1. The maximum atomic E-state index is 12.1. The van der Waals surface area contributed by atoms with Gasteiger partial charge in [-0.25, -0.2) is 4.98 Å². The van der Waals surface area contributed by atoms with Crippen LogP contribution in [0.25, 0.3) is 9.88 Å². The standard InChI is InChI=1S/C13H12ClNOS2/c1-13(2)4-8-11(9(16)5-13)18-12(15-8)10-3-7(14)6-17-10/h3,6H,4-5H2,1-2H3. The predicted molar refractivity (Wildman–Crippen MR) is 76.9 cm³/mol. The van der Waals surface area contributed by atoms with Gasteiger partial charge in [-0.3, -0.25) is 4.79 Å². The largest absolute Gasteiger partial charge is 0.293 e. The molecule has 2 aromatic heterocycles. The van der Waals surface area contributed by atoms with E-state index in [-0.39, 0.29) is 11.2 Å². The third-order valence-electron chi connectivity index (χ3n) is 3.01. The second-order valence-corrected chi connectivity index (χ2v) is 7.71. The zero-order valence-electron chi connectivity index (χ0n) is 10.1. The van der Waals surface area contributed by atoms with Crippen molar-refractivity contribution < 1.29 is 4.79 Å². The molecule has 0 aromatic carbocycles. The maximum absolute atomic E-state index is 12.1. The summed E-state index contributed by atoms with van der Waals surface area (Å²) < 4.78 is 0. The lowest BCUT2D eigenvalue weighted by Gasteiger charge is -2.26. The number of thiazole rings is 1. The van der Waals surface area contributed by atoms with E-state index in [0.29, 0.717) is 6.42 Å². The number of aromatic nitrogens is 1. The normalized spacial score (nSPS) is 17.8. The molecule has 0 fully saturated rings. The van der Waals surface area contributed by atoms with E-state index in [4.69, 9.17) is 11.6 Å². The Morgan fingerprint density at radius 3 is 2.83 bits per heavy atom. The van der Waals surface area contributed by atoms with Gasteiger partial charge in [0.15, 0.2) is 5.78 Å². The Balaban J connectivity index is 2.05. The number of ketones is 1. The number of thiophene rings is 1. The summed E-state index contributed by atoms with van der Waals surface area (Å²) in [6, 6.07) is 1.91. The van der Waals surface area contributed by atoms with Crippen molar-refractivity contribution in [3.63, 3.8) is 0 Å². The van der Waals surface area contributed by atoms with Gasteiger partial charge in [0.2, 0.25) is 0 Å².